The Kier molecular flexibility index (Phi) is 8.62. The van der Waals surface area contributed by atoms with Gasteiger partial charge in [0.05, 0.1) is 26.4 Å². The minimum absolute atomic E-state index is 0.0254. The highest BCUT2D eigenvalue weighted by atomic mass is 28.3. The fourth-order valence-electron chi connectivity index (χ4n) is 0.825. The van der Waals surface area contributed by atoms with Crippen LogP contribution in [0.15, 0.2) is 0 Å². The first kappa shape index (κ1) is 13.0. The van der Waals surface area contributed by atoms with Crippen molar-refractivity contribution in [1.29, 1.82) is 0 Å². The third kappa shape index (κ3) is 6.14. The molecule has 4 N–H and O–H groups in total. The Morgan fingerprint density at radius 3 is 2.00 bits per heavy atom. The van der Waals surface area contributed by atoms with Gasteiger partial charge in [-0.1, -0.05) is 6.92 Å². The molecule has 0 aliphatic carbocycles. The molecule has 0 aliphatic rings. The third-order valence-corrected chi connectivity index (χ3v) is 3.87. The van der Waals surface area contributed by atoms with E-state index in [4.69, 9.17) is 24.8 Å². The van der Waals surface area contributed by atoms with Crippen molar-refractivity contribution in [1.82, 2.24) is 0 Å². The zero-order valence-electron chi connectivity index (χ0n) is 7.98. The fourth-order valence-corrected chi connectivity index (χ4v) is 2.48. The van der Waals surface area contributed by atoms with Crippen LogP contribution in [0.2, 0.25) is 0 Å². The fraction of sp³-hybridized carbons (Fsp3) is 1.00. The van der Waals surface area contributed by atoms with E-state index in [1.807, 2.05) is 6.92 Å². The van der Waals surface area contributed by atoms with Gasteiger partial charge in [0.25, 0.3) is 0 Å². The van der Waals surface area contributed by atoms with Crippen molar-refractivity contribution in [3.63, 3.8) is 0 Å². The summed E-state index contributed by atoms with van der Waals surface area (Å²) in [6, 6.07) is 0. The lowest BCUT2D eigenvalue weighted by Gasteiger charge is -2.20. The average Bonchev–Trinajstić information content (AvgIpc) is 2.17. The highest BCUT2D eigenvalue weighted by molar-refractivity contribution is 6.46. The maximum absolute atomic E-state index is 8.55. The molecular weight excluding hydrogens is 190 g/mol. The Morgan fingerprint density at radius 2 is 1.69 bits per heavy atom. The van der Waals surface area contributed by atoms with E-state index in [-0.39, 0.29) is 32.1 Å². The van der Waals surface area contributed by atoms with Gasteiger partial charge in [0.1, 0.15) is 0 Å². The molecule has 0 heterocycles. The number of hydrogen-bond donors (Lipinski definition) is 3. The molecule has 0 bridgehead atoms. The number of rotatable bonds is 8. The Morgan fingerprint density at radius 1 is 1.23 bits per heavy atom. The molecule has 5 nitrogen and oxygen atoms in total. The first-order valence-electron chi connectivity index (χ1n) is 4.46. The summed E-state index contributed by atoms with van der Waals surface area (Å²) in [6.45, 7) is 2.42. The van der Waals surface area contributed by atoms with E-state index in [0.717, 1.165) is 6.42 Å². The lowest BCUT2D eigenvalue weighted by molar-refractivity contribution is 0.127. The zero-order chi connectivity index (χ0) is 10.1. The lowest BCUT2D eigenvalue weighted by Crippen LogP contribution is -2.44. The van der Waals surface area contributed by atoms with Gasteiger partial charge in [0, 0.05) is 5.67 Å². The van der Waals surface area contributed by atoms with Crippen LogP contribution in [-0.2, 0) is 8.85 Å². The molecule has 0 saturated heterocycles. The number of nitrogens with two attached hydrogens (primary N) is 1. The first-order chi connectivity index (χ1) is 6.26. The molecule has 1 atom stereocenters. The highest BCUT2D eigenvalue weighted by Crippen LogP contribution is 1.98. The molecule has 0 aromatic carbocycles. The quantitative estimate of drug-likeness (QED) is 0.424. The Labute approximate surface area is 80.3 Å². The summed E-state index contributed by atoms with van der Waals surface area (Å²) in [5.74, 6) is 0. The molecule has 0 amide bonds. The van der Waals surface area contributed by atoms with E-state index in [1.54, 1.807) is 0 Å². The van der Waals surface area contributed by atoms with Gasteiger partial charge in [-0.15, -0.1) is 0 Å². The predicted molar refractivity (Wildman–Crippen MR) is 51.5 cm³/mol. The van der Waals surface area contributed by atoms with Gasteiger partial charge in [0.15, 0.2) is 0 Å². The summed E-state index contributed by atoms with van der Waals surface area (Å²) in [4.78, 5) is 0. The molecule has 0 radical (unpaired) electrons. The number of hydrogen-bond acceptors (Lipinski definition) is 5. The molecule has 0 aliphatic heterocycles. The van der Waals surface area contributed by atoms with Crippen LogP contribution in [0.3, 0.4) is 0 Å². The smallest absolute Gasteiger partial charge is 0.338 e. The van der Waals surface area contributed by atoms with Crippen LogP contribution in [0.25, 0.3) is 0 Å². The van der Waals surface area contributed by atoms with Gasteiger partial charge >= 0.3 is 9.28 Å². The highest BCUT2D eigenvalue weighted by Gasteiger charge is 2.20. The van der Waals surface area contributed by atoms with Gasteiger partial charge in [0.2, 0.25) is 0 Å². The lowest BCUT2D eigenvalue weighted by atomic mass is 10.5. The third-order valence-electron chi connectivity index (χ3n) is 1.57. The normalized spacial score (nSPS) is 13.6. The predicted octanol–water partition coefficient (Wildman–Crippen LogP) is -1.50. The van der Waals surface area contributed by atoms with Gasteiger partial charge in [-0.25, -0.2) is 0 Å². The monoisotopic (exact) mass is 209 g/mol. The second-order valence-electron chi connectivity index (χ2n) is 2.63. The van der Waals surface area contributed by atoms with Gasteiger partial charge in [-0.2, -0.15) is 0 Å². The summed E-state index contributed by atoms with van der Waals surface area (Å²) in [5.41, 5.74) is 5.66. The van der Waals surface area contributed by atoms with Gasteiger partial charge < -0.3 is 24.8 Å². The zero-order valence-corrected chi connectivity index (χ0v) is 9.13. The summed E-state index contributed by atoms with van der Waals surface area (Å²) >= 11 is 0. The van der Waals surface area contributed by atoms with Gasteiger partial charge in [-0.3, -0.25) is 0 Å². The largest absolute Gasteiger partial charge is 0.394 e. The van der Waals surface area contributed by atoms with E-state index in [2.05, 4.69) is 0 Å². The van der Waals surface area contributed by atoms with Crippen molar-refractivity contribution in [2.45, 2.75) is 19.0 Å². The molecule has 0 spiro atoms. The maximum atomic E-state index is 8.55. The van der Waals surface area contributed by atoms with E-state index >= 15 is 0 Å². The van der Waals surface area contributed by atoms with Crippen LogP contribution < -0.4 is 5.73 Å². The molecule has 0 aromatic rings. The standard InChI is InChI=1S/C7H19NO4Si/c1-2-7(8)13(11-5-3-9)12-6-4-10/h7,9-10,13H,2-6,8H2,1H3. The molecular formula is C7H19NO4Si. The topological polar surface area (TPSA) is 84.9 Å². The average molecular weight is 209 g/mol. The second kappa shape index (κ2) is 8.61. The first-order valence-corrected chi connectivity index (χ1v) is 6.07. The van der Waals surface area contributed by atoms with Crippen LogP contribution >= 0.6 is 0 Å². The molecule has 80 valence electrons. The maximum Gasteiger partial charge on any atom is 0.338 e. The van der Waals surface area contributed by atoms with Crippen molar-refractivity contribution in [3.05, 3.63) is 0 Å². The molecule has 13 heavy (non-hydrogen) atoms. The minimum Gasteiger partial charge on any atom is -0.394 e. The second-order valence-corrected chi connectivity index (χ2v) is 4.89. The Bertz CT molecular complexity index is 109. The molecule has 0 saturated carbocycles. The van der Waals surface area contributed by atoms with E-state index in [1.165, 1.54) is 0 Å². The van der Waals surface area contributed by atoms with Crippen molar-refractivity contribution >= 4 is 9.28 Å². The summed E-state index contributed by atoms with van der Waals surface area (Å²) in [7, 11) is -1.91. The Balaban J connectivity index is 3.72. The van der Waals surface area contributed by atoms with Crippen LogP contribution in [0.5, 0.6) is 0 Å². The molecule has 0 fully saturated rings. The van der Waals surface area contributed by atoms with Crippen LogP contribution in [-0.4, -0.2) is 51.6 Å². The molecule has 1 unspecified atom stereocenters. The SMILES string of the molecule is CCC(N)[SiH](OCCO)OCCO. The van der Waals surface area contributed by atoms with Crippen LogP contribution in [0.4, 0.5) is 0 Å². The van der Waals surface area contributed by atoms with Crippen molar-refractivity contribution in [2.75, 3.05) is 26.4 Å². The summed E-state index contributed by atoms with van der Waals surface area (Å²) in [5, 5.41) is 17.1. The molecule has 6 heteroatoms. The number of aliphatic hydroxyl groups is 2. The van der Waals surface area contributed by atoms with E-state index < -0.39 is 9.28 Å². The van der Waals surface area contributed by atoms with Crippen LogP contribution in [0.1, 0.15) is 13.3 Å². The van der Waals surface area contributed by atoms with Crippen molar-refractivity contribution in [3.8, 4) is 0 Å². The van der Waals surface area contributed by atoms with E-state index in [9.17, 15) is 0 Å². The van der Waals surface area contributed by atoms with Crippen molar-refractivity contribution < 1.29 is 19.1 Å². The summed E-state index contributed by atoms with van der Waals surface area (Å²) in [6.07, 6.45) is 0.785. The van der Waals surface area contributed by atoms with E-state index in [0.29, 0.717) is 0 Å². The Hall–Kier alpha value is 0.0169. The van der Waals surface area contributed by atoms with Crippen molar-refractivity contribution in [2.24, 2.45) is 5.73 Å². The summed E-state index contributed by atoms with van der Waals surface area (Å²) < 4.78 is 10.6. The van der Waals surface area contributed by atoms with Gasteiger partial charge in [-0.05, 0) is 6.42 Å². The molecule has 0 rings (SSSR count). The minimum atomic E-state index is -1.91. The molecule has 0 aromatic heterocycles. The number of aliphatic hydroxyl groups excluding tert-OH is 2. The van der Waals surface area contributed by atoms with Crippen LogP contribution in [0, 0.1) is 0 Å².